The second-order valence-corrected chi connectivity index (χ2v) is 5.00. The summed E-state index contributed by atoms with van der Waals surface area (Å²) in [5.41, 5.74) is 8.22. The van der Waals surface area contributed by atoms with Gasteiger partial charge in [0, 0.05) is 12.2 Å². The lowest BCUT2D eigenvalue weighted by molar-refractivity contribution is 0.127. The van der Waals surface area contributed by atoms with Crippen LogP contribution in [0.3, 0.4) is 0 Å². The number of benzene rings is 1. The van der Waals surface area contributed by atoms with Gasteiger partial charge in [0.2, 0.25) is 0 Å². The highest BCUT2D eigenvalue weighted by molar-refractivity contribution is 8.93. The number of rotatable bonds is 5. The number of nitrogens with zero attached hydrogens (tertiary/aromatic N) is 3. The van der Waals surface area contributed by atoms with E-state index in [4.69, 9.17) is 15.7 Å². The summed E-state index contributed by atoms with van der Waals surface area (Å²) in [7, 11) is 0. The SMILES string of the molecule is Br.N#Cc1ccc(COCCC2=NN=C(N)SC2)cc1. The molecule has 2 rings (SSSR count). The van der Waals surface area contributed by atoms with Crippen molar-refractivity contribution in [3.63, 3.8) is 0 Å². The fourth-order valence-corrected chi connectivity index (χ4v) is 2.13. The van der Waals surface area contributed by atoms with E-state index < -0.39 is 0 Å². The molecule has 20 heavy (non-hydrogen) atoms. The molecule has 0 saturated carbocycles. The molecule has 0 amide bonds. The van der Waals surface area contributed by atoms with Crippen molar-refractivity contribution in [1.29, 1.82) is 5.26 Å². The Bertz CT molecular complexity index is 536. The summed E-state index contributed by atoms with van der Waals surface area (Å²) in [5, 5.41) is 17.1. The predicted molar refractivity (Wildman–Crippen MR) is 87.3 cm³/mol. The van der Waals surface area contributed by atoms with Crippen LogP contribution in [0.5, 0.6) is 0 Å². The Kier molecular flexibility index (Phi) is 7.30. The summed E-state index contributed by atoms with van der Waals surface area (Å²) in [6, 6.07) is 9.47. The molecule has 1 heterocycles. The van der Waals surface area contributed by atoms with Crippen LogP contribution < -0.4 is 5.73 Å². The number of nitriles is 1. The van der Waals surface area contributed by atoms with Crippen molar-refractivity contribution in [2.45, 2.75) is 13.0 Å². The monoisotopic (exact) mass is 354 g/mol. The van der Waals surface area contributed by atoms with Gasteiger partial charge in [-0.3, -0.25) is 0 Å². The Morgan fingerprint density at radius 2 is 2.05 bits per heavy atom. The van der Waals surface area contributed by atoms with Gasteiger partial charge < -0.3 is 10.5 Å². The lowest BCUT2D eigenvalue weighted by atomic mass is 10.2. The van der Waals surface area contributed by atoms with Crippen molar-refractivity contribution < 1.29 is 4.74 Å². The first kappa shape index (κ1) is 16.7. The number of thioether (sulfide) groups is 1. The van der Waals surface area contributed by atoms with Gasteiger partial charge in [0.15, 0.2) is 5.17 Å². The molecule has 0 spiro atoms. The smallest absolute Gasteiger partial charge is 0.180 e. The molecule has 1 aliphatic rings. The maximum Gasteiger partial charge on any atom is 0.180 e. The van der Waals surface area contributed by atoms with Gasteiger partial charge >= 0.3 is 0 Å². The van der Waals surface area contributed by atoms with Crippen molar-refractivity contribution in [1.82, 2.24) is 0 Å². The highest BCUT2D eigenvalue weighted by atomic mass is 79.9. The minimum Gasteiger partial charge on any atom is -0.377 e. The number of hydrogen-bond acceptors (Lipinski definition) is 6. The summed E-state index contributed by atoms with van der Waals surface area (Å²) in [6.07, 6.45) is 0.764. The average Bonchev–Trinajstić information content (AvgIpc) is 2.46. The zero-order valence-corrected chi connectivity index (χ0v) is 13.3. The maximum atomic E-state index is 8.69. The molecule has 106 valence electrons. The average molecular weight is 355 g/mol. The van der Waals surface area contributed by atoms with Gasteiger partial charge in [-0.15, -0.1) is 22.1 Å². The quantitative estimate of drug-likeness (QED) is 0.823. The topological polar surface area (TPSA) is 83.8 Å². The van der Waals surface area contributed by atoms with Crippen LogP contribution in [0.2, 0.25) is 0 Å². The molecule has 0 saturated heterocycles. The molecular weight excluding hydrogens is 340 g/mol. The van der Waals surface area contributed by atoms with Gasteiger partial charge in [-0.25, -0.2) is 0 Å². The second kappa shape index (κ2) is 8.74. The number of halogens is 1. The molecule has 0 aromatic heterocycles. The van der Waals surface area contributed by atoms with E-state index in [-0.39, 0.29) is 17.0 Å². The first-order valence-electron chi connectivity index (χ1n) is 5.86. The summed E-state index contributed by atoms with van der Waals surface area (Å²) in [6.45, 7) is 1.15. The third-order valence-corrected chi connectivity index (χ3v) is 3.42. The van der Waals surface area contributed by atoms with E-state index in [1.54, 1.807) is 12.1 Å². The van der Waals surface area contributed by atoms with E-state index in [1.807, 2.05) is 12.1 Å². The summed E-state index contributed by atoms with van der Waals surface area (Å²) < 4.78 is 5.57. The molecular formula is C13H15BrN4OS. The highest BCUT2D eigenvalue weighted by Gasteiger charge is 2.07. The van der Waals surface area contributed by atoms with Gasteiger partial charge in [0.05, 0.1) is 30.6 Å². The molecule has 1 aromatic carbocycles. The van der Waals surface area contributed by atoms with Crippen LogP contribution in [0.15, 0.2) is 34.5 Å². The Labute approximate surface area is 132 Å². The van der Waals surface area contributed by atoms with Gasteiger partial charge in [0.25, 0.3) is 0 Å². The van der Waals surface area contributed by atoms with E-state index in [1.165, 1.54) is 11.8 Å². The van der Waals surface area contributed by atoms with Crippen LogP contribution in [0.4, 0.5) is 0 Å². The number of ether oxygens (including phenoxy) is 1. The normalized spacial score (nSPS) is 13.8. The Morgan fingerprint density at radius 3 is 2.65 bits per heavy atom. The molecule has 5 nitrogen and oxygen atoms in total. The molecule has 7 heteroatoms. The van der Waals surface area contributed by atoms with Crippen LogP contribution in [0.25, 0.3) is 0 Å². The third kappa shape index (κ3) is 5.33. The standard InChI is InChI=1S/C13H14N4OS.BrH/c14-7-10-1-3-11(4-2-10)8-18-6-5-12-9-19-13(15)17-16-12;/h1-4H,5-6,8-9H2,(H2,15,17);1H. The van der Waals surface area contributed by atoms with E-state index in [0.29, 0.717) is 23.9 Å². The Balaban J connectivity index is 0.00000200. The lowest BCUT2D eigenvalue weighted by Crippen LogP contribution is -2.16. The molecule has 0 fully saturated rings. The number of amidine groups is 1. The molecule has 0 radical (unpaired) electrons. The highest BCUT2D eigenvalue weighted by Crippen LogP contribution is 2.10. The summed E-state index contributed by atoms with van der Waals surface area (Å²) in [4.78, 5) is 0. The van der Waals surface area contributed by atoms with E-state index >= 15 is 0 Å². The largest absolute Gasteiger partial charge is 0.377 e. The first-order chi connectivity index (χ1) is 9.28. The molecule has 2 N–H and O–H groups in total. The molecule has 1 aromatic rings. The minimum atomic E-state index is 0. The number of hydrogen-bond donors (Lipinski definition) is 1. The Morgan fingerprint density at radius 1 is 1.30 bits per heavy atom. The summed E-state index contributed by atoms with van der Waals surface area (Å²) in [5.74, 6) is 0.787. The molecule has 0 aliphatic carbocycles. The van der Waals surface area contributed by atoms with Crippen molar-refractivity contribution in [2.24, 2.45) is 15.9 Å². The van der Waals surface area contributed by atoms with Crippen molar-refractivity contribution >= 4 is 39.6 Å². The zero-order valence-electron chi connectivity index (χ0n) is 10.8. The number of nitrogens with two attached hydrogens (primary N) is 1. The molecule has 0 atom stereocenters. The van der Waals surface area contributed by atoms with E-state index in [9.17, 15) is 0 Å². The molecule has 0 bridgehead atoms. The van der Waals surface area contributed by atoms with Gasteiger partial charge in [-0.2, -0.15) is 10.4 Å². The van der Waals surface area contributed by atoms with Crippen molar-refractivity contribution in [3.05, 3.63) is 35.4 Å². The van der Waals surface area contributed by atoms with Crippen LogP contribution >= 0.6 is 28.7 Å². The first-order valence-corrected chi connectivity index (χ1v) is 6.85. The van der Waals surface area contributed by atoms with E-state index in [2.05, 4.69) is 16.3 Å². The van der Waals surface area contributed by atoms with Crippen molar-refractivity contribution in [2.75, 3.05) is 12.4 Å². The van der Waals surface area contributed by atoms with Gasteiger partial charge in [0.1, 0.15) is 0 Å². The third-order valence-electron chi connectivity index (χ3n) is 2.56. The second-order valence-electron chi connectivity index (χ2n) is 4.00. The zero-order chi connectivity index (χ0) is 13.5. The molecule has 0 unspecified atom stereocenters. The molecule has 1 aliphatic heterocycles. The fraction of sp³-hybridized carbons (Fsp3) is 0.308. The lowest BCUT2D eigenvalue weighted by Gasteiger charge is -2.09. The van der Waals surface area contributed by atoms with Crippen LogP contribution in [-0.2, 0) is 11.3 Å². The van der Waals surface area contributed by atoms with E-state index in [0.717, 1.165) is 23.4 Å². The van der Waals surface area contributed by atoms with Gasteiger partial charge in [-0.05, 0) is 17.7 Å². The van der Waals surface area contributed by atoms with Gasteiger partial charge in [-0.1, -0.05) is 23.9 Å². The maximum absolute atomic E-state index is 8.69. The minimum absolute atomic E-state index is 0. The van der Waals surface area contributed by atoms with Crippen molar-refractivity contribution in [3.8, 4) is 6.07 Å². The predicted octanol–water partition coefficient (Wildman–Crippen LogP) is 2.46. The fourth-order valence-electron chi connectivity index (χ4n) is 1.51. The van der Waals surface area contributed by atoms with Crippen LogP contribution in [-0.4, -0.2) is 23.2 Å². The van der Waals surface area contributed by atoms with Crippen LogP contribution in [0, 0.1) is 11.3 Å². The van der Waals surface area contributed by atoms with Crippen LogP contribution in [0.1, 0.15) is 17.5 Å². The Hall–Kier alpha value is -1.36. The summed E-state index contributed by atoms with van der Waals surface area (Å²) >= 11 is 1.50.